The van der Waals surface area contributed by atoms with Crippen LogP contribution in [0.25, 0.3) is 11.0 Å². The molecule has 17 heteroatoms. The van der Waals surface area contributed by atoms with Crippen molar-refractivity contribution in [2.75, 3.05) is 6.26 Å². The number of carboxylic acids is 1. The number of nitrogen functional groups attached to an aromatic ring is 1. The Morgan fingerprint density at radius 1 is 1.23 bits per heavy atom. The van der Waals surface area contributed by atoms with Gasteiger partial charge >= 0.3 is 12.1 Å². The lowest BCUT2D eigenvalue weighted by atomic mass is 10.2. The van der Waals surface area contributed by atoms with Gasteiger partial charge in [-0.05, 0) is 52.5 Å². The smallest absolute Gasteiger partial charge is 0.475 e. The lowest BCUT2D eigenvalue weighted by Crippen LogP contribution is -2.21. The first-order chi connectivity index (χ1) is 18.1. The number of nitrogens with zero attached hydrogens (tertiary/aromatic N) is 2. The Morgan fingerprint density at radius 2 is 1.82 bits per heavy atom. The summed E-state index contributed by atoms with van der Waals surface area (Å²) in [5.74, 6) is -4.31. The molecule has 39 heavy (non-hydrogen) atoms. The van der Waals surface area contributed by atoms with Crippen molar-refractivity contribution in [2.45, 2.75) is 26.7 Å². The molecule has 0 unspecified atom stereocenters. The third-order valence-electron chi connectivity index (χ3n) is 4.99. The van der Waals surface area contributed by atoms with Gasteiger partial charge in [-0.15, -0.1) is 23.1 Å². The molecule has 0 bridgehead atoms. The fourth-order valence-electron chi connectivity index (χ4n) is 3.21. The van der Waals surface area contributed by atoms with Crippen LogP contribution in [0.4, 0.5) is 22.0 Å². The Bertz CT molecular complexity index is 1670. The molecule has 0 aliphatic rings. The number of nitrogens with one attached hydrogen (secondary N) is 1. The van der Waals surface area contributed by atoms with Gasteiger partial charge in [0.25, 0.3) is 0 Å². The van der Waals surface area contributed by atoms with Gasteiger partial charge in [-0.3, -0.25) is 5.41 Å². The Hall–Kier alpha value is -3.02. The number of benzene rings is 2. The van der Waals surface area contributed by atoms with E-state index in [-0.39, 0.29) is 27.7 Å². The number of aromatic nitrogens is 2. The van der Waals surface area contributed by atoms with Crippen molar-refractivity contribution in [3.05, 3.63) is 69.3 Å². The van der Waals surface area contributed by atoms with E-state index in [0.717, 1.165) is 11.3 Å². The molecule has 8 nitrogen and oxygen atoms in total. The van der Waals surface area contributed by atoms with Crippen LogP contribution in [0.5, 0.6) is 0 Å². The summed E-state index contributed by atoms with van der Waals surface area (Å²) in [6, 6.07) is 7.89. The van der Waals surface area contributed by atoms with Crippen molar-refractivity contribution >= 4 is 71.7 Å². The number of halogens is 6. The number of rotatable bonds is 6. The lowest BCUT2D eigenvalue weighted by molar-refractivity contribution is -0.192. The van der Waals surface area contributed by atoms with Crippen LogP contribution in [0, 0.1) is 17.0 Å². The average molecular weight is 671 g/mol. The van der Waals surface area contributed by atoms with Crippen LogP contribution < -0.4 is 5.73 Å². The molecule has 2 aromatic carbocycles. The number of amidine groups is 1. The zero-order valence-corrected chi connectivity index (χ0v) is 23.4. The number of aliphatic carboxylic acids is 1. The lowest BCUT2D eigenvalue weighted by Gasteiger charge is -2.10. The number of carboxylic acid groups (broad SMARTS) is 1. The third-order valence-corrected chi connectivity index (χ3v) is 9.91. The van der Waals surface area contributed by atoms with E-state index in [2.05, 4.69) is 20.9 Å². The number of carbonyl (C=O) groups is 1. The van der Waals surface area contributed by atoms with Crippen molar-refractivity contribution in [1.82, 2.24) is 9.55 Å². The quantitative estimate of drug-likeness (QED) is 0.104. The highest BCUT2D eigenvalue weighted by Gasteiger charge is 2.38. The zero-order chi connectivity index (χ0) is 29.3. The van der Waals surface area contributed by atoms with Gasteiger partial charge < -0.3 is 15.4 Å². The number of hydrogen-bond donors (Lipinski definition) is 3. The molecule has 0 saturated heterocycles. The van der Waals surface area contributed by atoms with Gasteiger partial charge in [-0.2, -0.15) is 13.2 Å². The molecule has 0 radical (unpaired) electrons. The van der Waals surface area contributed by atoms with Gasteiger partial charge in [-0.25, -0.2) is 27.0 Å². The van der Waals surface area contributed by atoms with Crippen LogP contribution in [-0.2, 0) is 21.2 Å². The molecule has 208 valence electrons. The van der Waals surface area contributed by atoms with Crippen LogP contribution in [0.2, 0.25) is 0 Å². The molecule has 0 fully saturated rings. The summed E-state index contributed by atoms with van der Waals surface area (Å²) >= 11 is 5.78. The molecule has 4 N–H and O–H groups in total. The minimum absolute atomic E-state index is 0.00222. The Morgan fingerprint density at radius 3 is 2.33 bits per heavy atom. The number of thiophene rings is 1. The van der Waals surface area contributed by atoms with E-state index in [4.69, 9.17) is 21.0 Å². The number of fused-ring (bicyclic) bond motifs is 1. The first kappa shape index (κ1) is 30.5. The monoisotopic (exact) mass is 670 g/mol. The number of nitrogens with two attached hydrogens (primary N) is 1. The van der Waals surface area contributed by atoms with Gasteiger partial charge in [0.15, 0.2) is 0 Å². The molecular formula is C22H16BrF5N4O4S3. The summed E-state index contributed by atoms with van der Waals surface area (Å²) in [7, 11) is -3.93. The van der Waals surface area contributed by atoms with E-state index in [1.165, 1.54) is 54.5 Å². The topological polar surface area (TPSA) is 139 Å². The number of imidazole rings is 1. The van der Waals surface area contributed by atoms with E-state index in [1.54, 1.807) is 10.8 Å². The first-order valence-corrected chi connectivity index (χ1v) is 14.5. The molecule has 0 saturated carbocycles. The van der Waals surface area contributed by atoms with Crippen molar-refractivity contribution in [1.29, 1.82) is 5.41 Å². The molecule has 4 aromatic rings. The summed E-state index contributed by atoms with van der Waals surface area (Å²) in [6.45, 7) is -0.108. The van der Waals surface area contributed by atoms with Crippen molar-refractivity contribution < 1.29 is 40.3 Å². The van der Waals surface area contributed by atoms with E-state index in [0.29, 0.717) is 24.6 Å². The fourth-order valence-corrected chi connectivity index (χ4v) is 7.94. The number of alkyl halides is 3. The molecule has 0 aliphatic carbocycles. The molecule has 0 atom stereocenters. The van der Waals surface area contributed by atoms with Gasteiger partial charge in [0.05, 0.1) is 42.8 Å². The summed E-state index contributed by atoms with van der Waals surface area (Å²) < 4.78 is 89.1. The third kappa shape index (κ3) is 6.59. The molecule has 2 aromatic heterocycles. The van der Waals surface area contributed by atoms with Crippen LogP contribution in [-0.4, -0.2) is 47.3 Å². The Labute approximate surface area is 234 Å². The second-order valence-electron chi connectivity index (χ2n) is 7.53. The van der Waals surface area contributed by atoms with E-state index < -0.39 is 33.6 Å². The maximum atomic E-state index is 14.1. The van der Waals surface area contributed by atoms with Crippen molar-refractivity contribution in [2.24, 2.45) is 5.73 Å². The molecular weight excluding hydrogens is 655 g/mol. The SMILES string of the molecule is CSc1sc(C(=N)N)cc1S(=O)(=O)c1cc(Br)c2c(c1)ncn2Cc1c(F)cccc1F.O=C(O)C(F)(F)F. The highest BCUT2D eigenvalue weighted by atomic mass is 79.9. The van der Waals surface area contributed by atoms with E-state index >= 15 is 0 Å². The molecule has 0 amide bonds. The maximum absolute atomic E-state index is 14.1. The van der Waals surface area contributed by atoms with Crippen LogP contribution in [0.3, 0.4) is 0 Å². The minimum atomic E-state index is -5.08. The highest BCUT2D eigenvalue weighted by molar-refractivity contribution is 9.10. The summed E-state index contributed by atoms with van der Waals surface area (Å²) in [6.07, 6.45) is -1.93. The van der Waals surface area contributed by atoms with Gasteiger partial charge in [0.1, 0.15) is 17.5 Å². The predicted octanol–water partition coefficient (Wildman–Crippen LogP) is 5.66. The standard InChI is InChI=1S/C20H15BrF2N4O2S3.C2HF3O2/c1-30-20-17(7-16(31-20)19(24)25)32(28,29)10-5-12(21)18-15(6-10)26-9-27(18)8-11-13(22)3-2-4-14(11)23;3-2(4,5)1(6)7/h2-7,9H,8H2,1H3,(H3,24,25);(H,6,7). The van der Waals surface area contributed by atoms with Crippen molar-refractivity contribution in [3.63, 3.8) is 0 Å². The van der Waals surface area contributed by atoms with Gasteiger partial charge in [-0.1, -0.05) is 6.07 Å². The van der Waals surface area contributed by atoms with Crippen molar-refractivity contribution in [3.8, 4) is 0 Å². The van der Waals surface area contributed by atoms with Gasteiger partial charge in [0, 0.05) is 10.0 Å². The van der Waals surface area contributed by atoms with E-state index in [9.17, 15) is 30.4 Å². The molecule has 0 aliphatic heterocycles. The maximum Gasteiger partial charge on any atom is 0.490 e. The normalized spacial score (nSPS) is 11.8. The van der Waals surface area contributed by atoms with Gasteiger partial charge in [0.2, 0.25) is 9.84 Å². The Balaban J connectivity index is 0.000000532. The number of thioether (sulfide) groups is 1. The van der Waals surface area contributed by atoms with E-state index in [1.807, 2.05) is 0 Å². The fraction of sp³-hybridized carbons (Fsp3) is 0.136. The number of hydrogen-bond acceptors (Lipinski definition) is 7. The zero-order valence-electron chi connectivity index (χ0n) is 19.4. The molecule has 4 rings (SSSR count). The number of sulfone groups is 1. The summed E-state index contributed by atoms with van der Waals surface area (Å²) in [5, 5.41) is 14.7. The summed E-state index contributed by atoms with van der Waals surface area (Å²) in [5.41, 5.74) is 6.27. The predicted molar refractivity (Wildman–Crippen MR) is 139 cm³/mol. The average Bonchev–Trinajstić information content (AvgIpc) is 3.46. The second-order valence-corrected chi connectivity index (χ2v) is 12.4. The highest BCUT2D eigenvalue weighted by Crippen LogP contribution is 2.38. The summed E-state index contributed by atoms with van der Waals surface area (Å²) in [4.78, 5) is 13.6. The molecule has 2 heterocycles. The van der Waals surface area contributed by atoms with Crippen LogP contribution >= 0.6 is 39.0 Å². The van der Waals surface area contributed by atoms with Crippen LogP contribution in [0.1, 0.15) is 10.4 Å². The van der Waals surface area contributed by atoms with Crippen LogP contribution in [0.15, 0.2) is 61.2 Å². The molecule has 0 spiro atoms. The largest absolute Gasteiger partial charge is 0.490 e. The minimum Gasteiger partial charge on any atom is -0.475 e. The second kappa shape index (κ2) is 11.6. The Kier molecular flexibility index (Phi) is 9.09. The first-order valence-electron chi connectivity index (χ1n) is 10.2.